The van der Waals surface area contributed by atoms with Gasteiger partial charge in [0.25, 0.3) is 0 Å². The highest BCUT2D eigenvalue weighted by atomic mass is 16.5. The van der Waals surface area contributed by atoms with Crippen LogP contribution in [0.1, 0.15) is 36.3 Å². The Balaban J connectivity index is 1.46. The van der Waals surface area contributed by atoms with Gasteiger partial charge in [-0.25, -0.2) is 19.0 Å². The van der Waals surface area contributed by atoms with E-state index in [1.165, 1.54) is 30.8 Å². The number of carbonyl (C=O) groups is 2. The van der Waals surface area contributed by atoms with E-state index in [1.807, 2.05) is 4.68 Å². The van der Waals surface area contributed by atoms with E-state index in [0.717, 1.165) is 0 Å². The van der Waals surface area contributed by atoms with Crippen LogP contribution in [0, 0.1) is 5.92 Å². The van der Waals surface area contributed by atoms with Crippen molar-refractivity contribution in [3.8, 4) is 0 Å². The highest BCUT2D eigenvalue weighted by Gasteiger charge is 2.30. The van der Waals surface area contributed by atoms with Crippen LogP contribution in [0.25, 0.3) is 0 Å². The van der Waals surface area contributed by atoms with Crippen molar-refractivity contribution in [1.29, 1.82) is 0 Å². The van der Waals surface area contributed by atoms with Gasteiger partial charge in [0, 0.05) is 12.6 Å². The maximum Gasteiger partial charge on any atom is 0.360 e. The summed E-state index contributed by atoms with van der Waals surface area (Å²) in [7, 11) is 1.28. The number of esters is 1. The number of hydrogen-bond acceptors (Lipinski definition) is 6. The van der Waals surface area contributed by atoms with Gasteiger partial charge < -0.3 is 10.1 Å². The second-order valence-corrected chi connectivity index (χ2v) is 5.98. The molecule has 1 aliphatic rings. The van der Waals surface area contributed by atoms with Crippen molar-refractivity contribution >= 4 is 17.8 Å². The number of amides is 2. The van der Waals surface area contributed by atoms with E-state index < -0.39 is 5.97 Å². The Morgan fingerprint density at radius 2 is 2.24 bits per heavy atom. The fourth-order valence-electron chi connectivity index (χ4n) is 2.57. The van der Waals surface area contributed by atoms with Crippen LogP contribution in [0.5, 0.6) is 0 Å². The maximum atomic E-state index is 12.0. The topological polar surface area (TPSA) is 116 Å². The van der Waals surface area contributed by atoms with Gasteiger partial charge in [-0.15, -0.1) is 5.10 Å². The second kappa shape index (κ2) is 7.32. The molecule has 0 saturated heterocycles. The SMILES string of the molecule is COC(=O)c1cn(CCNC(=O)Nc2ccnn2[C@H](C)C2CC2)nn1. The van der Waals surface area contributed by atoms with Crippen molar-refractivity contribution in [3.05, 3.63) is 24.2 Å². The summed E-state index contributed by atoms with van der Waals surface area (Å²) >= 11 is 0. The molecule has 0 aromatic carbocycles. The van der Waals surface area contributed by atoms with Gasteiger partial charge in [-0.3, -0.25) is 5.32 Å². The predicted octanol–water partition coefficient (Wildman–Crippen LogP) is 1.05. The van der Waals surface area contributed by atoms with Gasteiger partial charge in [-0.2, -0.15) is 5.10 Å². The molecule has 2 amide bonds. The van der Waals surface area contributed by atoms with Crippen molar-refractivity contribution in [3.63, 3.8) is 0 Å². The maximum absolute atomic E-state index is 12.0. The molecule has 10 heteroatoms. The number of nitrogens with one attached hydrogen (secondary N) is 2. The van der Waals surface area contributed by atoms with E-state index in [0.29, 0.717) is 24.8 Å². The zero-order chi connectivity index (χ0) is 17.8. The summed E-state index contributed by atoms with van der Waals surface area (Å²) in [5.41, 5.74) is 0.130. The van der Waals surface area contributed by atoms with Crippen LogP contribution in [-0.2, 0) is 11.3 Å². The Morgan fingerprint density at radius 1 is 1.44 bits per heavy atom. The standard InChI is InChI=1S/C15H21N7O3/c1-10(11-3-4-11)22-13(5-6-17-22)18-15(24)16-7-8-21-9-12(19-20-21)14(23)25-2/h5-6,9-11H,3-4,7-8H2,1-2H3,(H2,16,18,24)/t10-/m1/s1. The van der Waals surface area contributed by atoms with E-state index in [2.05, 4.69) is 37.7 Å². The van der Waals surface area contributed by atoms with Gasteiger partial charge in [0.1, 0.15) is 5.82 Å². The number of rotatable bonds is 7. The van der Waals surface area contributed by atoms with E-state index in [9.17, 15) is 9.59 Å². The molecule has 1 atom stereocenters. The van der Waals surface area contributed by atoms with Crippen molar-refractivity contribution in [2.75, 3.05) is 19.0 Å². The number of carbonyl (C=O) groups excluding carboxylic acids is 2. The minimum absolute atomic E-state index is 0.130. The van der Waals surface area contributed by atoms with E-state index in [4.69, 9.17) is 0 Å². The van der Waals surface area contributed by atoms with Crippen LogP contribution >= 0.6 is 0 Å². The lowest BCUT2D eigenvalue weighted by atomic mass is 10.2. The van der Waals surface area contributed by atoms with Crippen molar-refractivity contribution in [2.45, 2.75) is 32.4 Å². The van der Waals surface area contributed by atoms with Gasteiger partial charge in [0.15, 0.2) is 5.69 Å². The smallest absolute Gasteiger partial charge is 0.360 e. The monoisotopic (exact) mass is 347 g/mol. The third kappa shape index (κ3) is 4.14. The van der Waals surface area contributed by atoms with E-state index in [1.54, 1.807) is 12.3 Å². The summed E-state index contributed by atoms with van der Waals surface area (Å²) in [4.78, 5) is 23.3. The summed E-state index contributed by atoms with van der Waals surface area (Å²) < 4.78 is 7.87. The molecule has 0 radical (unpaired) electrons. The Bertz CT molecular complexity index is 750. The molecule has 25 heavy (non-hydrogen) atoms. The Morgan fingerprint density at radius 3 is 2.96 bits per heavy atom. The number of anilines is 1. The quantitative estimate of drug-likeness (QED) is 0.723. The molecule has 1 fully saturated rings. The minimum Gasteiger partial charge on any atom is -0.464 e. The summed E-state index contributed by atoms with van der Waals surface area (Å²) in [5.74, 6) is 0.764. The summed E-state index contributed by atoms with van der Waals surface area (Å²) in [6.07, 6.45) is 5.56. The molecular formula is C15H21N7O3. The number of ether oxygens (including phenoxy) is 1. The molecule has 10 nitrogen and oxygen atoms in total. The van der Waals surface area contributed by atoms with Gasteiger partial charge in [0.05, 0.1) is 32.1 Å². The molecule has 2 N–H and O–H groups in total. The van der Waals surface area contributed by atoms with Crippen LogP contribution in [0.4, 0.5) is 10.6 Å². The first kappa shape index (κ1) is 16.9. The first-order valence-electron chi connectivity index (χ1n) is 8.15. The largest absolute Gasteiger partial charge is 0.464 e. The zero-order valence-electron chi connectivity index (χ0n) is 14.2. The van der Waals surface area contributed by atoms with Crippen LogP contribution in [0.3, 0.4) is 0 Å². The summed E-state index contributed by atoms with van der Waals surface area (Å²) in [6.45, 7) is 2.83. The number of nitrogens with zero attached hydrogens (tertiary/aromatic N) is 5. The molecule has 0 spiro atoms. The third-order valence-electron chi connectivity index (χ3n) is 4.16. The molecule has 0 bridgehead atoms. The number of urea groups is 1. The lowest BCUT2D eigenvalue weighted by Gasteiger charge is -2.15. The molecule has 2 aromatic heterocycles. The minimum atomic E-state index is -0.546. The Hall–Kier alpha value is -2.91. The van der Waals surface area contributed by atoms with E-state index >= 15 is 0 Å². The van der Waals surface area contributed by atoms with Crippen LogP contribution in [0.15, 0.2) is 18.5 Å². The molecule has 1 aliphatic carbocycles. The highest BCUT2D eigenvalue weighted by Crippen LogP contribution is 2.40. The molecule has 1 saturated carbocycles. The lowest BCUT2D eigenvalue weighted by Crippen LogP contribution is -2.32. The van der Waals surface area contributed by atoms with Crippen molar-refractivity contribution < 1.29 is 14.3 Å². The number of hydrogen-bond donors (Lipinski definition) is 2. The van der Waals surface area contributed by atoms with Crippen molar-refractivity contribution in [1.82, 2.24) is 30.1 Å². The Kier molecular flexibility index (Phi) is 4.96. The lowest BCUT2D eigenvalue weighted by molar-refractivity contribution is 0.0594. The van der Waals surface area contributed by atoms with Gasteiger partial charge in [0.2, 0.25) is 0 Å². The fraction of sp³-hybridized carbons (Fsp3) is 0.533. The molecule has 2 aromatic rings. The van der Waals surface area contributed by atoms with Crippen molar-refractivity contribution in [2.24, 2.45) is 5.92 Å². The average molecular weight is 347 g/mol. The molecular weight excluding hydrogens is 326 g/mol. The summed E-state index contributed by atoms with van der Waals surface area (Å²) in [5, 5.41) is 17.3. The average Bonchev–Trinajstić information content (AvgIpc) is 3.18. The highest BCUT2D eigenvalue weighted by molar-refractivity contribution is 5.88. The third-order valence-corrected chi connectivity index (χ3v) is 4.16. The predicted molar refractivity (Wildman–Crippen MR) is 88.0 cm³/mol. The van der Waals surface area contributed by atoms with Crippen LogP contribution in [0.2, 0.25) is 0 Å². The van der Waals surface area contributed by atoms with Gasteiger partial charge >= 0.3 is 12.0 Å². The number of methoxy groups -OCH3 is 1. The molecule has 3 rings (SSSR count). The first-order valence-corrected chi connectivity index (χ1v) is 8.15. The number of aromatic nitrogens is 5. The fourth-order valence-corrected chi connectivity index (χ4v) is 2.57. The molecule has 0 aliphatic heterocycles. The van der Waals surface area contributed by atoms with Crippen LogP contribution in [-0.4, -0.2) is 50.4 Å². The van der Waals surface area contributed by atoms with Gasteiger partial charge in [-0.1, -0.05) is 5.21 Å². The summed E-state index contributed by atoms with van der Waals surface area (Å²) in [6, 6.07) is 1.73. The zero-order valence-corrected chi connectivity index (χ0v) is 14.2. The normalized spacial score (nSPS) is 14.8. The first-order chi connectivity index (χ1) is 12.1. The molecule has 2 heterocycles. The molecule has 134 valence electrons. The van der Waals surface area contributed by atoms with Crippen LogP contribution < -0.4 is 10.6 Å². The Labute approximate surface area is 144 Å². The van der Waals surface area contributed by atoms with E-state index in [-0.39, 0.29) is 17.8 Å². The molecule has 0 unspecified atom stereocenters. The van der Waals surface area contributed by atoms with Gasteiger partial charge in [-0.05, 0) is 25.7 Å². The second-order valence-electron chi connectivity index (χ2n) is 5.98.